The number of hydrogen-bond acceptors (Lipinski definition) is 8. The minimum atomic E-state index is -1.52. The van der Waals surface area contributed by atoms with E-state index in [1.165, 1.54) is 14.0 Å². The normalized spacial score (nSPS) is 53.8. The van der Waals surface area contributed by atoms with Crippen molar-refractivity contribution in [2.45, 2.75) is 83.9 Å². The molecule has 1 saturated heterocycles. The Morgan fingerprint density at radius 3 is 2.39 bits per heavy atom. The second kappa shape index (κ2) is 6.99. The molecule has 4 aliphatic rings. The minimum absolute atomic E-state index is 0.0192. The fraction of sp³-hybridized carbons (Fsp3) is 0.870. The maximum Gasteiger partial charge on any atom is 0.309 e. The summed E-state index contributed by atoms with van der Waals surface area (Å²) in [4.78, 5) is 38.3. The molecule has 0 aromatic carbocycles. The van der Waals surface area contributed by atoms with Crippen molar-refractivity contribution in [1.29, 1.82) is 0 Å². The number of hydrogen-bond donors (Lipinski definition) is 2. The van der Waals surface area contributed by atoms with Crippen LogP contribution in [-0.4, -0.2) is 65.1 Å². The average Bonchev–Trinajstić information content (AvgIpc) is 2.66. The Labute approximate surface area is 182 Å². The zero-order chi connectivity index (χ0) is 23.1. The molecule has 1 aliphatic heterocycles. The summed E-state index contributed by atoms with van der Waals surface area (Å²) in [5.41, 5.74) is -3.67. The van der Waals surface area contributed by atoms with Gasteiger partial charge < -0.3 is 24.4 Å². The highest BCUT2D eigenvalue weighted by molar-refractivity contribution is 5.90. The van der Waals surface area contributed by atoms with Gasteiger partial charge in [-0.3, -0.25) is 14.4 Å². The van der Waals surface area contributed by atoms with E-state index in [-0.39, 0.29) is 24.0 Å². The molecule has 4 rings (SSSR count). The molecule has 2 N–H and O–H groups in total. The number of ether oxygens (including phenoxy) is 3. The van der Waals surface area contributed by atoms with E-state index in [0.717, 1.165) is 0 Å². The van der Waals surface area contributed by atoms with Gasteiger partial charge in [-0.05, 0) is 24.7 Å². The van der Waals surface area contributed by atoms with Crippen molar-refractivity contribution in [3.63, 3.8) is 0 Å². The molecule has 0 aromatic heterocycles. The SMILES string of the molecule is COC1C(OC(C)=O)C2C3(C)C(=O)C(O)CC(C)C3CC3OC(=O)CC(O)(C1C)C32C. The number of fused-ring (bicyclic) bond motifs is 2. The van der Waals surface area contributed by atoms with Gasteiger partial charge in [0.25, 0.3) is 0 Å². The number of methoxy groups -OCH3 is 1. The molecule has 31 heavy (non-hydrogen) atoms. The summed E-state index contributed by atoms with van der Waals surface area (Å²) < 4.78 is 17.4. The van der Waals surface area contributed by atoms with Crippen LogP contribution in [0, 0.1) is 34.5 Å². The second-order valence-corrected chi connectivity index (χ2v) is 10.6. The Kier molecular flexibility index (Phi) is 5.11. The van der Waals surface area contributed by atoms with Crippen LogP contribution in [0.5, 0.6) is 0 Å². The maximum absolute atomic E-state index is 13.6. The van der Waals surface area contributed by atoms with E-state index in [0.29, 0.717) is 12.8 Å². The zero-order valence-corrected chi connectivity index (χ0v) is 19.1. The first-order chi connectivity index (χ1) is 14.3. The number of Topliss-reactive ketones (excluding diaryl/α,β-unsaturated/α-hetero) is 1. The van der Waals surface area contributed by atoms with Crippen LogP contribution in [-0.2, 0) is 28.6 Å². The smallest absolute Gasteiger partial charge is 0.309 e. The highest BCUT2D eigenvalue weighted by Gasteiger charge is 2.78. The predicted molar refractivity (Wildman–Crippen MR) is 108 cm³/mol. The maximum atomic E-state index is 13.6. The monoisotopic (exact) mass is 438 g/mol. The summed E-state index contributed by atoms with van der Waals surface area (Å²) in [6.07, 6.45) is -2.81. The summed E-state index contributed by atoms with van der Waals surface area (Å²) in [6, 6.07) is 0. The van der Waals surface area contributed by atoms with E-state index in [1.54, 1.807) is 6.92 Å². The topological polar surface area (TPSA) is 119 Å². The van der Waals surface area contributed by atoms with E-state index in [4.69, 9.17) is 14.2 Å². The van der Waals surface area contributed by atoms with Crippen LogP contribution in [0.25, 0.3) is 0 Å². The molecule has 3 aliphatic carbocycles. The average molecular weight is 439 g/mol. The molecule has 1 heterocycles. The van der Waals surface area contributed by atoms with Gasteiger partial charge in [0, 0.05) is 36.7 Å². The van der Waals surface area contributed by atoms with Crippen molar-refractivity contribution in [1.82, 2.24) is 0 Å². The zero-order valence-electron chi connectivity index (χ0n) is 19.1. The number of rotatable bonds is 2. The van der Waals surface area contributed by atoms with E-state index in [1.807, 2.05) is 20.8 Å². The second-order valence-electron chi connectivity index (χ2n) is 10.6. The third-order valence-electron chi connectivity index (χ3n) is 9.41. The largest absolute Gasteiger partial charge is 0.462 e. The van der Waals surface area contributed by atoms with Gasteiger partial charge in [-0.2, -0.15) is 0 Å². The van der Waals surface area contributed by atoms with Gasteiger partial charge in [0.05, 0.1) is 18.1 Å². The van der Waals surface area contributed by atoms with Crippen molar-refractivity contribution in [2.75, 3.05) is 7.11 Å². The number of ketones is 1. The molecule has 0 spiro atoms. The first kappa shape index (κ1) is 22.7. The van der Waals surface area contributed by atoms with Crippen LogP contribution in [0.4, 0.5) is 0 Å². The fourth-order valence-electron chi connectivity index (χ4n) is 7.99. The highest BCUT2D eigenvalue weighted by atomic mass is 16.6. The first-order valence-electron chi connectivity index (χ1n) is 11.2. The van der Waals surface area contributed by atoms with E-state index in [9.17, 15) is 24.6 Å². The summed E-state index contributed by atoms with van der Waals surface area (Å²) >= 11 is 0. The van der Waals surface area contributed by atoms with E-state index in [2.05, 4.69) is 0 Å². The van der Waals surface area contributed by atoms with Gasteiger partial charge in [-0.25, -0.2) is 0 Å². The summed E-state index contributed by atoms with van der Waals surface area (Å²) in [5, 5.41) is 22.7. The molecule has 0 bridgehead atoms. The van der Waals surface area contributed by atoms with Crippen LogP contribution in [0.3, 0.4) is 0 Å². The van der Waals surface area contributed by atoms with Gasteiger partial charge in [-0.15, -0.1) is 0 Å². The van der Waals surface area contributed by atoms with Crippen molar-refractivity contribution >= 4 is 17.7 Å². The molecular formula is C23H34O8. The molecule has 0 radical (unpaired) electrons. The number of esters is 2. The third-order valence-corrected chi connectivity index (χ3v) is 9.41. The lowest BCUT2D eigenvalue weighted by Gasteiger charge is -2.71. The molecule has 8 heteroatoms. The van der Waals surface area contributed by atoms with Crippen LogP contribution >= 0.6 is 0 Å². The molecule has 3 saturated carbocycles. The van der Waals surface area contributed by atoms with Crippen molar-refractivity contribution in [3.05, 3.63) is 0 Å². The minimum Gasteiger partial charge on any atom is -0.462 e. The molecule has 8 nitrogen and oxygen atoms in total. The van der Waals surface area contributed by atoms with Gasteiger partial charge in [0.2, 0.25) is 0 Å². The first-order valence-corrected chi connectivity index (χ1v) is 11.2. The fourth-order valence-corrected chi connectivity index (χ4v) is 7.99. The Morgan fingerprint density at radius 1 is 1.16 bits per heavy atom. The Bertz CT molecular complexity index is 811. The standard InChI is InChI=1S/C23H34O8/c1-10-7-14(25)20(27)21(4)13(10)8-15-22(5)19(21)18(30-12(3)24)17(29-6)11(2)23(22,28)9-16(26)31-15/h10-11,13-15,17-19,25,28H,7-9H2,1-6H3. The summed E-state index contributed by atoms with van der Waals surface area (Å²) in [5.74, 6) is -2.77. The lowest BCUT2D eigenvalue weighted by Crippen LogP contribution is -2.80. The van der Waals surface area contributed by atoms with Gasteiger partial charge in [-0.1, -0.05) is 27.7 Å². The molecule has 174 valence electrons. The highest BCUT2D eigenvalue weighted by Crippen LogP contribution is 2.70. The Hall–Kier alpha value is -1.51. The quantitative estimate of drug-likeness (QED) is 0.618. The lowest BCUT2D eigenvalue weighted by atomic mass is 9.36. The summed E-state index contributed by atoms with van der Waals surface area (Å²) in [7, 11) is 1.48. The Morgan fingerprint density at radius 2 is 1.81 bits per heavy atom. The van der Waals surface area contributed by atoms with Crippen LogP contribution in [0.1, 0.15) is 53.9 Å². The molecule has 4 fully saturated rings. The molecule has 0 amide bonds. The van der Waals surface area contributed by atoms with Gasteiger partial charge in [0.15, 0.2) is 5.78 Å². The number of carbonyl (C=O) groups excluding carboxylic acids is 3. The van der Waals surface area contributed by atoms with Crippen LogP contribution in [0.15, 0.2) is 0 Å². The molecular weight excluding hydrogens is 404 g/mol. The number of carbonyl (C=O) groups is 3. The molecule has 11 atom stereocenters. The summed E-state index contributed by atoms with van der Waals surface area (Å²) in [6.45, 7) is 8.74. The van der Waals surface area contributed by atoms with Crippen molar-refractivity contribution in [3.8, 4) is 0 Å². The van der Waals surface area contributed by atoms with Gasteiger partial charge >= 0.3 is 11.9 Å². The van der Waals surface area contributed by atoms with Crippen LogP contribution < -0.4 is 0 Å². The number of aliphatic hydroxyl groups is 2. The van der Waals surface area contributed by atoms with E-state index < -0.39 is 64.6 Å². The Balaban J connectivity index is 2.00. The number of aliphatic hydroxyl groups excluding tert-OH is 1. The molecule has 0 aromatic rings. The van der Waals surface area contributed by atoms with E-state index >= 15 is 0 Å². The lowest BCUT2D eigenvalue weighted by molar-refractivity contribution is -0.335. The predicted octanol–water partition coefficient (Wildman–Crippen LogP) is 1.25. The van der Waals surface area contributed by atoms with Crippen molar-refractivity contribution in [2.24, 2.45) is 34.5 Å². The van der Waals surface area contributed by atoms with Gasteiger partial charge in [0.1, 0.15) is 18.3 Å². The third kappa shape index (κ3) is 2.67. The molecule has 11 unspecified atom stereocenters. The van der Waals surface area contributed by atoms with Crippen LogP contribution in [0.2, 0.25) is 0 Å². The van der Waals surface area contributed by atoms with Crippen molar-refractivity contribution < 1.29 is 38.8 Å².